The van der Waals surface area contributed by atoms with Gasteiger partial charge < -0.3 is 19.5 Å². The van der Waals surface area contributed by atoms with Crippen LogP contribution in [0.3, 0.4) is 0 Å². The Morgan fingerprint density at radius 2 is 1.73 bits per heavy atom. The molecule has 1 atom stereocenters. The Morgan fingerprint density at radius 3 is 2.27 bits per heavy atom. The van der Waals surface area contributed by atoms with E-state index in [0.717, 1.165) is 11.3 Å². The van der Waals surface area contributed by atoms with Crippen molar-refractivity contribution >= 4 is 17.6 Å². The molecule has 26 heavy (non-hydrogen) atoms. The van der Waals surface area contributed by atoms with Crippen LogP contribution in [0.1, 0.15) is 12.5 Å². The van der Waals surface area contributed by atoms with Crippen molar-refractivity contribution in [1.82, 2.24) is 0 Å². The standard InChI is InChI=1S/C20H23NO5/c1-3-21(16-7-5-4-6-8-16)19(22)14-26-17-11-9-15(10-12-17)13-18(25-2)20(23)24/h4-12,18H,3,13-14H2,1-2H3,(H,23,24)/t18-/m0/s1. The molecule has 0 radical (unpaired) electrons. The van der Waals surface area contributed by atoms with Crippen molar-refractivity contribution in [1.29, 1.82) is 0 Å². The van der Waals surface area contributed by atoms with E-state index in [1.165, 1.54) is 7.11 Å². The Kier molecular flexibility index (Phi) is 7.17. The average Bonchev–Trinajstić information content (AvgIpc) is 2.66. The maximum Gasteiger partial charge on any atom is 0.333 e. The number of hydrogen-bond donors (Lipinski definition) is 1. The van der Waals surface area contributed by atoms with Gasteiger partial charge >= 0.3 is 5.97 Å². The highest BCUT2D eigenvalue weighted by molar-refractivity contribution is 5.94. The molecule has 1 amide bonds. The number of carboxylic acid groups (broad SMARTS) is 1. The van der Waals surface area contributed by atoms with Gasteiger partial charge in [0.25, 0.3) is 5.91 Å². The second-order valence-corrected chi connectivity index (χ2v) is 5.67. The number of hydrogen-bond acceptors (Lipinski definition) is 4. The molecule has 0 spiro atoms. The molecule has 0 saturated heterocycles. The molecule has 138 valence electrons. The summed E-state index contributed by atoms with van der Waals surface area (Å²) in [6.07, 6.45) is -0.616. The lowest BCUT2D eigenvalue weighted by Crippen LogP contribution is -2.34. The molecular weight excluding hydrogens is 334 g/mol. The van der Waals surface area contributed by atoms with E-state index in [4.69, 9.17) is 14.6 Å². The van der Waals surface area contributed by atoms with E-state index in [9.17, 15) is 9.59 Å². The van der Waals surface area contributed by atoms with E-state index in [2.05, 4.69) is 0 Å². The first-order valence-electron chi connectivity index (χ1n) is 8.38. The minimum Gasteiger partial charge on any atom is -0.484 e. The average molecular weight is 357 g/mol. The van der Waals surface area contributed by atoms with E-state index >= 15 is 0 Å². The lowest BCUT2D eigenvalue weighted by molar-refractivity contribution is -0.148. The third kappa shape index (κ3) is 5.32. The van der Waals surface area contributed by atoms with E-state index in [1.54, 1.807) is 29.2 Å². The molecule has 2 aromatic carbocycles. The lowest BCUT2D eigenvalue weighted by Gasteiger charge is -2.21. The summed E-state index contributed by atoms with van der Waals surface area (Å²) >= 11 is 0. The van der Waals surface area contributed by atoms with Crippen molar-refractivity contribution in [3.63, 3.8) is 0 Å². The molecule has 0 fully saturated rings. The second-order valence-electron chi connectivity index (χ2n) is 5.67. The normalized spacial score (nSPS) is 11.6. The first-order chi connectivity index (χ1) is 12.5. The van der Waals surface area contributed by atoms with E-state index in [-0.39, 0.29) is 18.9 Å². The molecular formula is C20H23NO5. The van der Waals surface area contributed by atoms with E-state index in [0.29, 0.717) is 12.3 Å². The number of methoxy groups -OCH3 is 1. The van der Waals surface area contributed by atoms with Crippen LogP contribution < -0.4 is 9.64 Å². The van der Waals surface area contributed by atoms with Crippen molar-refractivity contribution in [2.45, 2.75) is 19.4 Å². The van der Waals surface area contributed by atoms with Crippen LogP contribution >= 0.6 is 0 Å². The fraction of sp³-hybridized carbons (Fsp3) is 0.300. The number of likely N-dealkylation sites (N-methyl/N-ethyl adjacent to an activating group) is 1. The largest absolute Gasteiger partial charge is 0.484 e. The first kappa shape index (κ1) is 19.5. The first-order valence-corrected chi connectivity index (χ1v) is 8.38. The summed E-state index contributed by atoms with van der Waals surface area (Å²) in [5.74, 6) is -0.581. The summed E-state index contributed by atoms with van der Waals surface area (Å²) in [5, 5.41) is 9.01. The molecule has 0 aromatic heterocycles. The van der Waals surface area contributed by atoms with Crippen molar-refractivity contribution in [2.24, 2.45) is 0 Å². The zero-order valence-corrected chi connectivity index (χ0v) is 14.9. The number of carbonyl (C=O) groups excluding carboxylic acids is 1. The summed E-state index contributed by atoms with van der Waals surface area (Å²) < 4.78 is 10.5. The summed E-state index contributed by atoms with van der Waals surface area (Å²) in [4.78, 5) is 25.0. The number of nitrogens with zero attached hydrogens (tertiary/aromatic N) is 1. The van der Waals surface area contributed by atoms with E-state index in [1.807, 2.05) is 37.3 Å². The number of ether oxygens (including phenoxy) is 2. The Hall–Kier alpha value is -2.86. The third-order valence-electron chi connectivity index (χ3n) is 3.95. The van der Waals surface area contributed by atoms with Crippen molar-refractivity contribution < 1.29 is 24.2 Å². The molecule has 2 rings (SSSR count). The van der Waals surface area contributed by atoms with Crippen LogP contribution in [-0.4, -0.2) is 43.3 Å². The monoisotopic (exact) mass is 357 g/mol. The van der Waals surface area contributed by atoms with Gasteiger partial charge in [-0.2, -0.15) is 0 Å². The third-order valence-corrected chi connectivity index (χ3v) is 3.95. The predicted octanol–water partition coefficient (Wildman–Crippen LogP) is 2.76. The molecule has 0 bridgehead atoms. The number of anilines is 1. The number of benzene rings is 2. The second kappa shape index (κ2) is 9.58. The molecule has 6 nitrogen and oxygen atoms in total. The predicted molar refractivity (Wildman–Crippen MR) is 98.5 cm³/mol. The molecule has 0 aliphatic heterocycles. The highest BCUT2D eigenvalue weighted by Gasteiger charge is 2.17. The molecule has 0 aliphatic rings. The Labute approximate surface area is 153 Å². The molecule has 6 heteroatoms. The van der Waals surface area contributed by atoms with Gasteiger partial charge in [-0.25, -0.2) is 4.79 Å². The van der Waals surface area contributed by atoms with Gasteiger partial charge in [0.1, 0.15) is 5.75 Å². The van der Waals surface area contributed by atoms with Crippen LogP contribution in [-0.2, 0) is 20.7 Å². The Bertz CT molecular complexity index is 715. The lowest BCUT2D eigenvalue weighted by atomic mass is 10.1. The minimum absolute atomic E-state index is 0.0715. The van der Waals surface area contributed by atoms with Gasteiger partial charge in [-0.15, -0.1) is 0 Å². The number of amides is 1. The molecule has 0 aliphatic carbocycles. The van der Waals surface area contributed by atoms with Crippen molar-refractivity contribution in [3.05, 3.63) is 60.2 Å². The maximum atomic E-state index is 12.4. The molecule has 2 aromatic rings. The number of carboxylic acids is 1. The number of carbonyl (C=O) groups is 2. The van der Waals surface area contributed by atoms with Crippen molar-refractivity contribution in [2.75, 3.05) is 25.2 Å². The van der Waals surface area contributed by atoms with Gasteiger partial charge in [-0.05, 0) is 36.8 Å². The Balaban J connectivity index is 1.92. The van der Waals surface area contributed by atoms with Crippen LogP contribution in [0.15, 0.2) is 54.6 Å². The van der Waals surface area contributed by atoms with E-state index < -0.39 is 12.1 Å². The smallest absolute Gasteiger partial charge is 0.333 e. The minimum atomic E-state index is -1.00. The molecule has 1 N–H and O–H groups in total. The fourth-order valence-electron chi connectivity index (χ4n) is 2.54. The highest BCUT2D eigenvalue weighted by atomic mass is 16.5. The van der Waals surface area contributed by atoms with Gasteiger partial charge in [0.2, 0.25) is 0 Å². The maximum absolute atomic E-state index is 12.4. The summed E-state index contributed by atoms with van der Waals surface area (Å²) in [5.41, 5.74) is 1.65. The topological polar surface area (TPSA) is 76.1 Å². The van der Waals surface area contributed by atoms with Crippen LogP contribution in [0.5, 0.6) is 5.75 Å². The SMILES string of the molecule is CCN(C(=O)COc1ccc(C[C@H](OC)C(=O)O)cc1)c1ccccc1. The summed E-state index contributed by atoms with van der Waals surface area (Å²) in [6, 6.07) is 16.4. The molecule has 0 unspecified atom stereocenters. The Morgan fingerprint density at radius 1 is 1.08 bits per heavy atom. The van der Waals surface area contributed by atoms with Gasteiger partial charge in [0, 0.05) is 25.8 Å². The molecule has 0 heterocycles. The van der Waals surface area contributed by atoms with Gasteiger partial charge in [0.05, 0.1) is 0 Å². The van der Waals surface area contributed by atoms with Crippen LogP contribution in [0.25, 0.3) is 0 Å². The number of para-hydroxylation sites is 1. The summed E-state index contributed by atoms with van der Waals surface area (Å²) in [7, 11) is 1.37. The molecule has 0 saturated carbocycles. The zero-order valence-electron chi connectivity index (χ0n) is 14.9. The van der Waals surface area contributed by atoms with Crippen LogP contribution in [0.2, 0.25) is 0 Å². The quantitative estimate of drug-likeness (QED) is 0.747. The van der Waals surface area contributed by atoms with Gasteiger partial charge in [-0.3, -0.25) is 4.79 Å². The highest BCUT2D eigenvalue weighted by Crippen LogP contribution is 2.16. The van der Waals surface area contributed by atoms with Crippen LogP contribution in [0, 0.1) is 0 Å². The number of rotatable bonds is 9. The van der Waals surface area contributed by atoms with Gasteiger partial charge in [-0.1, -0.05) is 30.3 Å². The fourth-order valence-corrected chi connectivity index (χ4v) is 2.54. The van der Waals surface area contributed by atoms with Crippen LogP contribution in [0.4, 0.5) is 5.69 Å². The van der Waals surface area contributed by atoms with Crippen molar-refractivity contribution in [3.8, 4) is 5.75 Å². The summed E-state index contributed by atoms with van der Waals surface area (Å²) in [6.45, 7) is 2.39. The zero-order chi connectivity index (χ0) is 18.9. The number of aliphatic carboxylic acids is 1. The van der Waals surface area contributed by atoms with Gasteiger partial charge in [0.15, 0.2) is 12.7 Å².